The highest BCUT2D eigenvalue weighted by Gasteiger charge is 2.27. The van der Waals surface area contributed by atoms with Gasteiger partial charge in [-0.15, -0.1) is 0 Å². The molecule has 0 N–H and O–H groups in total. The van der Waals surface area contributed by atoms with E-state index in [0.717, 1.165) is 26.2 Å². The van der Waals surface area contributed by atoms with E-state index < -0.39 is 12.8 Å². The molecular formula is C18H22ClF3N4O2. The van der Waals surface area contributed by atoms with Crippen molar-refractivity contribution in [1.29, 1.82) is 0 Å². The smallest absolute Gasteiger partial charge is 0.372 e. The maximum atomic E-state index is 12.2. The Morgan fingerprint density at radius 2 is 1.86 bits per heavy atom. The van der Waals surface area contributed by atoms with Crippen LogP contribution in [0.5, 0.6) is 0 Å². The first-order chi connectivity index (χ1) is 13.3. The lowest BCUT2D eigenvalue weighted by molar-refractivity contribution is -0.174. The van der Waals surface area contributed by atoms with Gasteiger partial charge in [0.15, 0.2) is 0 Å². The molecule has 0 aromatic carbocycles. The Morgan fingerprint density at radius 3 is 2.57 bits per heavy atom. The monoisotopic (exact) mass is 418 g/mol. The van der Waals surface area contributed by atoms with Crippen LogP contribution < -0.4 is 5.56 Å². The zero-order valence-electron chi connectivity index (χ0n) is 15.3. The van der Waals surface area contributed by atoms with Crippen LogP contribution in [0.1, 0.15) is 12.1 Å². The highest BCUT2D eigenvalue weighted by Crippen LogP contribution is 2.14. The van der Waals surface area contributed by atoms with Crippen molar-refractivity contribution in [2.45, 2.75) is 19.1 Å². The zero-order valence-corrected chi connectivity index (χ0v) is 16.0. The number of rotatable bonds is 7. The Kier molecular flexibility index (Phi) is 6.92. The first kappa shape index (κ1) is 21.0. The molecule has 0 unspecified atom stereocenters. The van der Waals surface area contributed by atoms with Gasteiger partial charge >= 0.3 is 6.18 Å². The zero-order chi connectivity index (χ0) is 20.1. The first-order valence-electron chi connectivity index (χ1n) is 9.07. The van der Waals surface area contributed by atoms with Crippen molar-refractivity contribution in [3.05, 3.63) is 45.5 Å². The molecular weight excluding hydrogens is 397 g/mol. The van der Waals surface area contributed by atoms with Gasteiger partial charge in [-0.1, -0.05) is 11.6 Å². The summed E-state index contributed by atoms with van der Waals surface area (Å²) in [5.74, 6) is 0. The quantitative estimate of drug-likeness (QED) is 0.646. The third-order valence-electron chi connectivity index (χ3n) is 4.56. The average molecular weight is 419 g/mol. The van der Waals surface area contributed by atoms with Crippen LogP contribution in [0, 0.1) is 0 Å². The number of alkyl halides is 3. The molecule has 0 atom stereocenters. The van der Waals surface area contributed by atoms with Crippen molar-refractivity contribution in [2.24, 2.45) is 0 Å². The number of halogens is 4. The highest BCUT2D eigenvalue weighted by atomic mass is 35.5. The van der Waals surface area contributed by atoms with Crippen molar-refractivity contribution in [1.82, 2.24) is 19.2 Å². The van der Waals surface area contributed by atoms with Crippen LogP contribution in [0.4, 0.5) is 13.2 Å². The van der Waals surface area contributed by atoms with Crippen LogP contribution in [0.15, 0.2) is 29.2 Å². The predicted molar refractivity (Wildman–Crippen MR) is 99.7 cm³/mol. The minimum Gasteiger partial charge on any atom is -0.372 e. The lowest BCUT2D eigenvalue weighted by Gasteiger charge is -2.34. The van der Waals surface area contributed by atoms with E-state index in [2.05, 4.69) is 19.5 Å². The molecule has 1 aliphatic heterocycles. The summed E-state index contributed by atoms with van der Waals surface area (Å²) in [7, 11) is 0. The van der Waals surface area contributed by atoms with Gasteiger partial charge in [-0.2, -0.15) is 13.2 Å². The Balaban J connectivity index is 1.44. The molecule has 0 amide bonds. The predicted octanol–water partition coefficient (Wildman–Crippen LogP) is 2.43. The second kappa shape index (κ2) is 9.21. The lowest BCUT2D eigenvalue weighted by atomic mass is 10.2. The molecule has 0 radical (unpaired) electrons. The molecule has 1 aliphatic rings. The number of nitrogens with zero attached hydrogens (tertiary/aromatic N) is 4. The van der Waals surface area contributed by atoms with Crippen LogP contribution in [0.2, 0.25) is 5.02 Å². The average Bonchev–Trinajstić information content (AvgIpc) is 2.63. The number of ether oxygens (including phenoxy) is 1. The molecule has 0 bridgehead atoms. The van der Waals surface area contributed by atoms with Gasteiger partial charge in [0.05, 0.1) is 10.7 Å². The van der Waals surface area contributed by atoms with E-state index in [4.69, 9.17) is 11.6 Å². The minimum absolute atomic E-state index is 0.106. The Bertz CT molecular complexity index is 851. The van der Waals surface area contributed by atoms with Gasteiger partial charge in [-0.05, 0) is 18.6 Å². The van der Waals surface area contributed by atoms with E-state index >= 15 is 0 Å². The van der Waals surface area contributed by atoms with Crippen molar-refractivity contribution in [2.75, 3.05) is 45.9 Å². The van der Waals surface area contributed by atoms with E-state index in [9.17, 15) is 18.0 Å². The van der Waals surface area contributed by atoms with E-state index in [1.54, 1.807) is 18.3 Å². The van der Waals surface area contributed by atoms with Gasteiger partial charge in [-0.25, -0.2) is 4.98 Å². The van der Waals surface area contributed by atoms with Crippen molar-refractivity contribution < 1.29 is 17.9 Å². The topological polar surface area (TPSA) is 50.1 Å². The van der Waals surface area contributed by atoms with Gasteiger partial charge in [0, 0.05) is 58.1 Å². The fraction of sp³-hybridized carbons (Fsp3) is 0.556. The molecule has 1 fully saturated rings. The Hall–Kier alpha value is -1.68. The van der Waals surface area contributed by atoms with E-state index in [1.165, 1.54) is 10.5 Å². The molecule has 10 heteroatoms. The SMILES string of the molecule is O=c1cc(CN2CCN(CCCOCC(F)(F)F)CC2)nc2ccc(Cl)cn12. The molecule has 28 heavy (non-hydrogen) atoms. The third-order valence-corrected chi connectivity index (χ3v) is 4.78. The summed E-state index contributed by atoms with van der Waals surface area (Å²) in [5.41, 5.74) is 1.10. The summed E-state index contributed by atoms with van der Waals surface area (Å²) >= 11 is 5.92. The second-order valence-electron chi connectivity index (χ2n) is 6.80. The normalized spacial score (nSPS) is 16.7. The number of aromatic nitrogens is 2. The summed E-state index contributed by atoms with van der Waals surface area (Å²) in [4.78, 5) is 21.2. The number of hydrogen-bond acceptors (Lipinski definition) is 5. The molecule has 0 saturated carbocycles. The molecule has 154 valence electrons. The molecule has 6 nitrogen and oxygen atoms in total. The molecule has 2 aromatic heterocycles. The summed E-state index contributed by atoms with van der Waals surface area (Å²) in [5, 5.41) is 0.476. The van der Waals surface area contributed by atoms with Gasteiger partial charge in [0.1, 0.15) is 12.3 Å². The van der Waals surface area contributed by atoms with E-state index in [-0.39, 0.29) is 12.2 Å². The maximum absolute atomic E-state index is 12.2. The number of piperazine rings is 1. The highest BCUT2D eigenvalue weighted by molar-refractivity contribution is 6.30. The third kappa shape index (κ3) is 6.16. The maximum Gasteiger partial charge on any atom is 0.411 e. The summed E-state index contributed by atoms with van der Waals surface area (Å²) < 4.78 is 42.1. The fourth-order valence-electron chi connectivity index (χ4n) is 3.19. The fourth-order valence-corrected chi connectivity index (χ4v) is 3.35. The minimum atomic E-state index is -4.27. The molecule has 3 heterocycles. The van der Waals surface area contributed by atoms with Crippen molar-refractivity contribution >= 4 is 17.2 Å². The molecule has 3 rings (SSSR count). The van der Waals surface area contributed by atoms with Crippen LogP contribution in [0.25, 0.3) is 5.65 Å². The van der Waals surface area contributed by atoms with Gasteiger partial charge in [0.2, 0.25) is 0 Å². The standard InChI is InChI=1S/C18H22ClF3N4O2/c19-14-2-3-16-23-15(10-17(27)26(16)11-14)12-25-7-5-24(6-8-25)4-1-9-28-13-18(20,21)22/h2-3,10-11H,1,4-9,12-13H2. The number of pyridine rings is 1. The first-order valence-corrected chi connectivity index (χ1v) is 9.45. The van der Waals surface area contributed by atoms with Crippen molar-refractivity contribution in [3.63, 3.8) is 0 Å². The Morgan fingerprint density at radius 1 is 1.14 bits per heavy atom. The summed E-state index contributed by atoms with van der Waals surface area (Å²) in [6.45, 7) is 3.47. The van der Waals surface area contributed by atoms with E-state index in [1.807, 2.05) is 0 Å². The van der Waals surface area contributed by atoms with Crippen molar-refractivity contribution in [3.8, 4) is 0 Å². The Labute approximate surface area is 165 Å². The second-order valence-corrected chi connectivity index (χ2v) is 7.24. The van der Waals surface area contributed by atoms with Crippen LogP contribution >= 0.6 is 11.6 Å². The van der Waals surface area contributed by atoms with Gasteiger partial charge in [0.25, 0.3) is 5.56 Å². The molecule has 0 spiro atoms. The van der Waals surface area contributed by atoms with Gasteiger partial charge < -0.3 is 9.64 Å². The summed E-state index contributed by atoms with van der Waals surface area (Å²) in [6.07, 6.45) is -2.15. The van der Waals surface area contributed by atoms with Crippen LogP contribution in [-0.4, -0.2) is 71.3 Å². The van der Waals surface area contributed by atoms with Crippen LogP contribution in [0.3, 0.4) is 0 Å². The van der Waals surface area contributed by atoms with Gasteiger partial charge in [-0.3, -0.25) is 14.1 Å². The molecule has 0 aliphatic carbocycles. The number of hydrogen-bond donors (Lipinski definition) is 0. The van der Waals surface area contributed by atoms with Crippen LogP contribution in [-0.2, 0) is 11.3 Å². The number of fused-ring (bicyclic) bond motifs is 1. The molecule has 1 saturated heterocycles. The van der Waals surface area contributed by atoms with E-state index in [0.29, 0.717) is 35.9 Å². The largest absolute Gasteiger partial charge is 0.411 e. The lowest BCUT2D eigenvalue weighted by Crippen LogP contribution is -2.46. The summed E-state index contributed by atoms with van der Waals surface area (Å²) in [6, 6.07) is 4.93. The molecule has 2 aromatic rings.